The van der Waals surface area contributed by atoms with E-state index in [1.807, 2.05) is 19.1 Å². The van der Waals surface area contributed by atoms with Gasteiger partial charge in [0.05, 0.1) is 5.56 Å². The van der Waals surface area contributed by atoms with Gasteiger partial charge >= 0.3 is 5.63 Å². The minimum absolute atomic E-state index is 0.302. The molecular formula is C22H21NO3. The minimum Gasteiger partial charge on any atom is -0.478 e. The number of rotatable bonds is 1. The number of aryl methyl sites for hydroxylation is 2. The third kappa shape index (κ3) is 2.44. The Morgan fingerprint density at radius 2 is 2.04 bits per heavy atom. The van der Waals surface area contributed by atoms with Crippen LogP contribution in [-0.2, 0) is 13.0 Å². The van der Waals surface area contributed by atoms with Crippen molar-refractivity contribution in [2.24, 2.45) is 0 Å². The van der Waals surface area contributed by atoms with Crippen LogP contribution in [0.2, 0.25) is 0 Å². The fourth-order valence-electron chi connectivity index (χ4n) is 4.42. The van der Waals surface area contributed by atoms with Gasteiger partial charge in [-0.05, 0) is 55.0 Å². The molecule has 0 N–H and O–H groups in total. The zero-order chi connectivity index (χ0) is 17.7. The van der Waals surface area contributed by atoms with Crippen LogP contribution in [0.3, 0.4) is 0 Å². The van der Waals surface area contributed by atoms with E-state index in [0.29, 0.717) is 18.4 Å². The number of hydrogen-bond donors (Lipinski definition) is 0. The van der Waals surface area contributed by atoms with Crippen molar-refractivity contribution in [1.29, 1.82) is 0 Å². The molecule has 1 aliphatic heterocycles. The highest BCUT2D eigenvalue weighted by Crippen LogP contribution is 2.39. The lowest BCUT2D eigenvalue weighted by Crippen LogP contribution is -2.37. The summed E-state index contributed by atoms with van der Waals surface area (Å²) < 4.78 is 11.6. The quantitative estimate of drug-likeness (QED) is 0.615. The topological polar surface area (TPSA) is 42.7 Å². The normalized spacial score (nSPS) is 19.7. The third-order valence-electron chi connectivity index (χ3n) is 5.70. The Kier molecular flexibility index (Phi) is 3.61. The summed E-state index contributed by atoms with van der Waals surface area (Å²) in [6.45, 7) is 3.25. The minimum atomic E-state index is -0.302. The Morgan fingerprint density at radius 1 is 1.15 bits per heavy atom. The first-order valence-electron chi connectivity index (χ1n) is 9.22. The van der Waals surface area contributed by atoms with E-state index >= 15 is 0 Å². The summed E-state index contributed by atoms with van der Waals surface area (Å²) in [5, 5.41) is 0.984. The molecule has 0 unspecified atom stereocenters. The highest BCUT2D eigenvalue weighted by atomic mass is 16.5. The zero-order valence-electron chi connectivity index (χ0n) is 14.8. The van der Waals surface area contributed by atoms with Gasteiger partial charge in [0, 0.05) is 24.0 Å². The number of hydrogen-bond acceptors (Lipinski definition) is 4. The van der Waals surface area contributed by atoms with Crippen LogP contribution < -0.4 is 10.4 Å². The van der Waals surface area contributed by atoms with Crippen LogP contribution in [-0.4, -0.2) is 11.6 Å². The van der Waals surface area contributed by atoms with Gasteiger partial charge in [-0.3, -0.25) is 4.90 Å². The summed E-state index contributed by atoms with van der Waals surface area (Å²) in [5.41, 5.74) is 5.14. The Bertz CT molecular complexity index is 1050. The molecule has 0 saturated heterocycles. The van der Waals surface area contributed by atoms with Crippen molar-refractivity contribution in [3.8, 4) is 5.75 Å². The molecule has 26 heavy (non-hydrogen) atoms. The first kappa shape index (κ1) is 15.6. The van der Waals surface area contributed by atoms with E-state index in [2.05, 4.69) is 29.2 Å². The number of ether oxygens (including phenoxy) is 1. The molecule has 3 aromatic rings. The fraction of sp³-hybridized carbons (Fsp3) is 0.318. The largest absolute Gasteiger partial charge is 0.478 e. The van der Waals surface area contributed by atoms with Crippen molar-refractivity contribution in [2.45, 2.75) is 38.8 Å². The molecule has 0 amide bonds. The Labute approximate surface area is 152 Å². The van der Waals surface area contributed by atoms with Gasteiger partial charge in [0.2, 0.25) is 0 Å². The standard InChI is InChI=1S/C22H21NO3/c1-14-11-21(24)26-22-16(14)9-10-20-18(22)12-23(13-25-20)19-8-4-6-15-5-2-3-7-17(15)19/h2-3,5,7,9-11,19H,4,6,8,12-13H2,1H3/t19-/m0/s1. The predicted molar refractivity (Wildman–Crippen MR) is 100 cm³/mol. The summed E-state index contributed by atoms with van der Waals surface area (Å²) in [6, 6.07) is 14.6. The van der Waals surface area contributed by atoms with Crippen molar-refractivity contribution in [2.75, 3.05) is 6.73 Å². The first-order chi connectivity index (χ1) is 12.7. The lowest BCUT2D eigenvalue weighted by molar-refractivity contribution is 0.0482. The molecule has 0 fully saturated rings. The second-order valence-electron chi connectivity index (χ2n) is 7.29. The monoisotopic (exact) mass is 347 g/mol. The first-order valence-corrected chi connectivity index (χ1v) is 9.22. The van der Waals surface area contributed by atoms with E-state index in [0.717, 1.165) is 41.6 Å². The maximum atomic E-state index is 11.9. The van der Waals surface area contributed by atoms with Crippen LogP contribution in [0.5, 0.6) is 5.75 Å². The number of fused-ring (bicyclic) bond motifs is 4. The SMILES string of the molecule is Cc1cc(=O)oc2c3c(ccc12)OCN([C@H]1CCCc2ccccc21)C3. The van der Waals surface area contributed by atoms with Crippen molar-refractivity contribution in [1.82, 2.24) is 4.90 Å². The Balaban J connectivity index is 1.58. The second kappa shape index (κ2) is 5.99. The molecule has 0 radical (unpaired) electrons. The maximum Gasteiger partial charge on any atom is 0.336 e. The van der Waals surface area contributed by atoms with E-state index < -0.39 is 0 Å². The average molecular weight is 347 g/mol. The van der Waals surface area contributed by atoms with Crippen LogP contribution >= 0.6 is 0 Å². The summed E-state index contributed by atoms with van der Waals surface area (Å²) in [7, 11) is 0. The van der Waals surface area contributed by atoms with Gasteiger partial charge in [0.15, 0.2) is 0 Å². The molecule has 0 spiro atoms. The van der Waals surface area contributed by atoms with Crippen LogP contribution in [0, 0.1) is 6.92 Å². The molecule has 0 saturated carbocycles. The molecule has 5 rings (SSSR count). The van der Waals surface area contributed by atoms with Crippen molar-refractivity contribution in [3.05, 3.63) is 75.1 Å². The van der Waals surface area contributed by atoms with Gasteiger partial charge in [-0.15, -0.1) is 0 Å². The Hall–Kier alpha value is -2.59. The molecule has 1 atom stereocenters. The van der Waals surface area contributed by atoms with E-state index in [9.17, 15) is 4.79 Å². The lowest BCUT2D eigenvalue weighted by Gasteiger charge is -2.38. The van der Waals surface area contributed by atoms with Gasteiger partial charge < -0.3 is 9.15 Å². The second-order valence-corrected chi connectivity index (χ2v) is 7.29. The van der Waals surface area contributed by atoms with E-state index in [1.54, 1.807) is 6.07 Å². The Morgan fingerprint density at radius 3 is 2.96 bits per heavy atom. The fourth-order valence-corrected chi connectivity index (χ4v) is 4.42. The smallest absolute Gasteiger partial charge is 0.336 e. The molecule has 4 nitrogen and oxygen atoms in total. The summed E-state index contributed by atoms with van der Waals surface area (Å²) in [6.07, 6.45) is 3.47. The van der Waals surface area contributed by atoms with E-state index in [4.69, 9.17) is 9.15 Å². The lowest BCUT2D eigenvalue weighted by atomic mass is 9.86. The maximum absolute atomic E-state index is 11.9. The van der Waals surface area contributed by atoms with Gasteiger partial charge in [0.25, 0.3) is 0 Å². The van der Waals surface area contributed by atoms with Crippen molar-refractivity contribution in [3.63, 3.8) is 0 Å². The molecule has 4 heteroatoms. The van der Waals surface area contributed by atoms with Crippen LogP contribution in [0.4, 0.5) is 0 Å². The van der Waals surface area contributed by atoms with Crippen LogP contribution in [0.15, 0.2) is 51.7 Å². The van der Waals surface area contributed by atoms with Crippen molar-refractivity contribution >= 4 is 11.0 Å². The van der Waals surface area contributed by atoms with Gasteiger partial charge in [0.1, 0.15) is 18.1 Å². The third-order valence-corrected chi connectivity index (χ3v) is 5.70. The van der Waals surface area contributed by atoms with Crippen LogP contribution in [0.25, 0.3) is 11.0 Å². The molecule has 2 heterocycles. The van der Waals surface area contributed by atoms with E-state index in [-0.39, 0.29) is 5.63 Å². The average Bonchev–Trinajstić information content (AvgIpc) is 2.67. The summed E-state index contributed by atoms with van der Waals surface area (Å²) in [5.74, 6) is 0.826. The molecular weight excluding hydrogens is 326 g/mol. The summed E-state index contributed by atoms with van der Waals surface area (Å²) in [4.78, 5) is 14.3. The van der Waals surface area contributed by atoms with Gasteiger partial charge in [-0.25, -0.2) is 4.79 Å². The predicted octanol–water partition coefficient (Wildman–Crippen LogP) is 4.33. The number of benzene rings is 2. The van der Waals surface area contributed by atoms with Gasteiger partial charge in [-0.2, -0.15) is 0 Å². The molecule has 0 bridgehead atoms. The van der Waals surface area contributed by atoms with Gasteiger partial charge in [-0.1, -0.05) is 24.3 Å². The molecule has 1 aromatic heterocycles. The number of nitrogens with zero attached hydrogens (tertiary/aromatic N) is 1. The zero-order valence-corrected chi connectivity index (χ0v) is 14.8. The highest BCUT2D eigenvalue weighted by Gasteiger charge is 2.30. The molecule has 2 aromatic carbocycles. The molecule has 132 valence electrons. The highest BCUT2D eigenvalue weighted by molar-refractivity contribution is 5.85. The van der Waals surface area contributed by atoms with Crippen molar-refractivity contribution < 1.29 is 9.15 Å². The molecule has 2 aliphatic rings. The summed E-state index contributed by atoms with van der Waals surface area (Å²) >= 11 is 0. The van der Waals surface area contributed by atoms with Crippen LogP contribution in [0.1, 0.15) is 41.1 Å². The van der Waals surface area contributed by atoms with E-state index in [1.165, 1.54) is 17.5 Å². The molecule has 1 aliphatic carbocycles.